The number of methoxy groups -OCH3 is 1. The van der Waals surface area contributed by atoms with E-state index in [4.69, 9.17) is 4.74 Å². The summed E-state index contributed by atoms with van der Waals surface area (Å²) < 4.78 is 5.17. The quantitative estimate of drug-likeness (QED) is 0.711. The molecule has 1 rings (SSSR count). The molecule has 0 amide bonds. The summed E-state index contributed by atoms with van der Waals surface area (Å²) >= 11 is 0. The van der Waals surface area contributed by atoms with Gasteiger partial charge in [0.1, 0.15) is 0 Å². The highest BCUT2D eigenvalue weighted by Gasteiger charge is 2.27. The monoisotopic (exact) mass is 200 g/mol. The molecule has 1 N–H and O–H groups in total. The molecular formula is C11H24N2O. The van der Waals surface area contributed by atoms with Gasteiger partial charge in [0, 0.05) is 32.8 Å². The summed E-state index contributed by atoms with van der Waals surface area (Å²) in [5.74, 6) is 1.69. The third-order valence-electron chi connectivity index (χ3n) is 3.32. The third-order valence-corrected chi connectivity index (χ3v) is 3.32. The normalized spacial score (nSPS) is 30.9. The summed E-state index contributed by atoms with van der Waals surface area (Å²) in [6.45, 7) is 9.08. The SMILES string of the molecule is CNC(COC)CN1CC(C)C(C)C1. The van der Waals surface area contributed by atoms with E-state index in [-0.39, 0.29) is 0 Å². The summed E-state index contributed by atoms with van der Waals surface area (Å²) in [5, 5.41) is 3.29. The van der Waals surface area contributed by atoms with Crippen LogP contribution in [-0.2, 0) is 4.74 Å². The minimum absolute atomic E-state index is 0.470. The Hall–Kier alpha value is -0.120. The molecule has 1 saturated heterocycles. The second-order valence-electron chi connectivity index (χ2n) is 4.61. The number of nitrogens with zero attached hydrogens (tertiary/aromatic N) is 1. The highest BCUT2D eigenvalue weighted by atomic mass is 16.5. The molecule has 0 aromatic heterocycles. The molecule has 0 aromatic carbocycles. The van der Waals surface area contributed by atoms with Gasteiger partial charge >= 0.3 is 0 Å². The molecule has 1 heterocycles. The topological polar surface area (TPSA) is 24.5 Å². The van der Waals surface area contributed by atoms with Gasteiger partial charge in [0.05, 0.1) is 6.61 Å². The second kappa shape index (κ2) is 5.69. The summed E-state index contributed by atoms with van der Waals surface area (Å²) in [5.41, 5.74) is 0. The number of likely N-dealkylation sites (N-methyl/N-ethyl adjacent to an activating group) is 1. The van der Waals surface area contributed by atoms with Crippen molar-refractivity contribution in [1.82, 2.24) is 10.2 Å². The largest absolute Gasteiger partial charge is 0.383 e. The standard InChI is InChI=1S/C11H24N2O/c1-9-5-13(6-10(9)2)7-11(12-3)8-14-4/h9-12H,5-8H2,1-4H3. The van der Waals surface area contributed by atoms with Gasteiger partial charge in [-0.1, -0.05) is 13.8 Å². The van der Waals surface area contributed by atoms with Gasteiger partial charge in [-0.05, 0) is 18.9 Å². The van der Waals surface area contributed by atoms with E-state index in [9.17, 15) is 0 Å². The molecule has 0 aliphatic carbocycles. The van der Waals surface area contributed by atoms with Crippen molar-refractivity contribution in [2.75, 3.05) is 40.4 Å². The highest BCUT2D eigenvalue weighted by molar-refractivity contribution is 4.81. The Morgan fingerprint density at radius 3 is 2.36 bits per heavy atom. The Bertz CT molecular complexity index is 153. The predicted molar refractivity (Wildman–Crippen MR) is 59.5 cm³/mol. The highest BCUT2D eigenvalue weighted by Crippen LogP contribution is 2.21. The first-order chi connectivity index (χ1) is 6.67. The molecule has 1 aliphatic heterocycles. The van der Waals surface area contributed by atoms with Crippen molar-refractivity contribution in [3.05, 3.63) is 0 Å². The van der Waals surface area contributed by atoms with Crippen molar-refractivity contribution in [1.29, 1.82) is 0 Å². The van der Waals surface area contributed by atoms with Crippen LogP contribution < -0.4 is 5.32 Å². The molecular weight excluding hydrogens is 176 g/mol. The Labute approximate surface area is 87.8 Å². The Kier molecular flexibility index (Phi) is 4.85. The maximum absolute atomic E-state index is 5.17. The fourth-order valence-corrected chi connectivity index (χ4v) is 2.14. The van der Waals surface area contributed by atoms with Crippen LogP contribution in [0.2, 0.25) is 0 Å². The molecule has 0 aromatic rings. The van der Waals surface area contributed by atoms with Gasteiger partial charge < -0.3 is 15.0 Å². The van der Waals surface area contributed by atoms with Gasteiger partial charge in [-0.15, -0.1) is 0 Å². The van der Waals surface area contributed by atoms with Gasteiger partial charge in [0.15, 0.2) is 0 Å². The predicted octanol–water partition coefficient (Wildman–Crippen LogP) is 0.809. The van der Waals surface area contributed by atoms with Crippen LogP contribution in [0.4, 0.5) is 0 Å². The zero-order valence-electron chi connectivity index (χ0n) is 9.92. The molecule has 0 saturated carbocycles. The number of nitrogens with one attached hydrogen (secondary N) is 1. The summed E-state index contributed by atoms with van der Waals surface area (Å²) in [4.78, 5) is 2.54. The fraction of sp³-hybridized carbons (Fsp3) is 1.00. The maximum Gasteiger partial charge on any atom is 0.0628 e. The molecule has 3 heteroatoms. The average molecular weight is 200 g/mol. The Morgan fingerprint density at radius 2 is 1.93 bits per heavy atom. The van der Waals surface area contributed by atoms with E-state index in [1.165, 1.54) is 13.1 Å². The van der Waals surface area contributed by atoms with Crippen molar-refractivity contribution in [3.8, 4) is 0 Å². The first kappa shape index (κ1) is 12.0. The van der Waals surface area contributed by atoms with Crippen molar-refractivity contribution in [2.24, 2.45) is 11.8 Å². The van der Waals surface area contributed by atoms with Crippen LogP contribution in [0.25, 0.3) is 0 Å². The first-order valence-corrected chi connectivity index (χ1v) is 5.56. The van der Waals surface area contributed by atoms with Crippen molar-refractivity contribution in [3.63, 3.8) is 0 Å². The van der Waals surface area contributed by atoms with Crippen LogP contribution in [-0.4, -0.2) is 51.3 Å². The van der Waals surface area contributed by atoms with Crippen LogP contribution >= 0.6 is 0 Å². The van der Waals surface area contributed by atoms with Gasteiger partial charge in [0.2, 0.25) is 0 Å². The van der Waals surface area contributed by atoms with Crippen molar-refractivity contribution >= 4 is 0 Å². The maximum atomic E-state index is 5.17. The molecule has 0 radical (unpaired) electrons. The van der Waals surface area contributed by atoms with E-state index >= 15 is 0 Å². The number of hydrogen-bond donors (Lipinski definition) is 1. The van der Waals surface area contributed by atoms with Gasteiger partial charge in [-0.3, -0.25) is 0 Å². The lowest BCUT2D eigenvalue weighted by molar-refractivity contribution is 0.147. The van der Waals surface area contributed by atoms with Crippen molar-refractivity contribution in [2.45, 2.75) is 19.9 Å². The second-order valence-corrected chi connectivity index (χ2v) is 4.61. The van der Waals surface area contributed by atoms with Crippen LogP contribution in [0.1, 0.15) is 13.8 Å². The fourth-order valence-electron chi connectivity index (χ4n) is 2.14. The van der Waals surface area contributed by atoms with Crippen molar-refractivity contribution < 1.29 is 4.74 Å². The van der Waals surface area contributed by atoms with Gasteiger partial charge in [0.25, 0.3) is 0 Å². The zero-order valence-corrected chi connectivity index (χ0v) is 9.92. The smallest absolute Gasteiger partial charge is 0.0628 e. The van der Waals surface area contributed by atoms with E-state index in [0.717, 1.165) is 25.0 Å². The van der Waals surface area contributed by atoms with Crippen LogP contribution in [0.3, 0.4) is 0 Å². The molecule has 14 heavy (non-hydrogen) atoms. The summed E-state index contributed by atoms with van der Waals surface area (Å²) in [6.07, 6.45) is 0. The van der Waals surface area contributed by atoms with Gasteiger partial charge in [-0.2, -0.15) is 0 Å². The Balaban J connectivity index is 2.29. The molecule has 3 unspecified atom stereocenters. The molecule has 1 aliphatic rings. The zero-order chi connectivity index (χ0) is 10.6. The van der Waals surface area contributed by atoms with E-state index in [2.05, 4.69) is 24.1 Å². The average Bonchev–Trinajstić information content (AvgIpc) is 2.45. The molecule has 84 valence electrons. The minimum atomic E-state index is 0.470. The lowest BCUT2D eigenvalue weighted by atomic mass is 10.0. The van der Waals surface area contributed by atoms with E-state index in [1.54, 1.807) is 7.11 Å². The number of ether oxygens (including phenoxy) is 1. The van der Waals surface area contributed by atoms with Crippen LogP contribution in [0.5, 0.6) is 0 Å². The Morgan fingerprint density at radius 1 is 1.36 bits per heavy atom. The lowest BCUT2D eigenvalue weighted by Gasteiger charge is -2.22. The van der Waals surface area contributed by atoms with E-state index in [0.29, 0.717) is 6.04 Å². The lowest BCUT2D eigenvalue weighted by Crippen LogP contribution is -2.41. The molecule has 1 fully saturated rings. The molecule has 0 bridgehead atoms. The van der Waals surface area contributed by atoms with E-state index in [1.807, 2.05) is 7.05 Å². The number of hydrogen-bond acceptors (Lipinski definition) is 3. The van der Waals surface area contributed by atoms with E-state index < -0.39 is 0 Å². The molecule has 3 nitrogen and oxygen atoms in total. The molecule has 0 spiro atoms. The minimum Gasteiger partial charge on any atom is -0.383 e. The number of likely N-dealkylation sites (tertiary alicyclic amines) is 1. The summed E-state index contributed by atoms with van der Waals surface area (Å²) in [7, 11) is 3.77. The number of rotatable bonds is 5. The van der Waals surface area contributed by atoms with Crippen LogP contribution in [0, 0.1) is 11.8 Å². The summed E-state index contributed by atoms with van der Waals surface area (Å²) in [6, 6.07) is 0.470. The van der Waals surface area contributed by atoms with Crippen LogP contribution in [0.15, 0.2) is 0 Å². The third kappa shape index (κ3) is 3.23. The molecule has 3 atom stereocenters. The van der Waals surface area contributed by atoms with Gasteiger partial charge in [-0.25, -0.2) is 0 Å². The first-order valence-electron chi connectivity index (χ1n) is 5.56.